The zero-order valence-corrected chi connectivity index (χ0v) is 12.6. The van der Waals surface area contributed by atoms with Gasteiger partial charge in [-0.1, -0.05) is 13.3 Å². The highest BCUT2D eigenvalue weighted by molar-refractivity contribution is 7.11. The molecular formula is C13H21F3N2S. The van der Waals surface area contributed by atoms with Crippen LogP contribution in [0.15, 0.2) is 0 Å². The van der Waals surface area contributed by atoms with Gasteiger partial charge in [0, 0.05) is 12.1 Å². The molecule has 1 aromatic rings. The van der Waals surface area contributed by atoms with Crippen molar-refractivity contribution in [3.05, 3.63) is 15.6 Å². The highest BCUT2D eigenvalue weighted by Gasteiger charge is 2.37. The molecule has 0 aliphatic carbocycles. The fraction of sp³-hybridized carbons (Fsp3) is 0.769. The van der Waals surface area contributed by atoms with Crippen LogP contribution in [0.25, 0.3) is 0 Å². The van der Waals surface area contributed by atoms with Gasteiger partial charge in [-0.3, -0.25) is 0 Å². The molecule has 1 aromatic heterocycles. The maximum absolute atomic E-state index is 12.9. The zero-order valence-electron chi connectivity index (χ0n) is 11.8. The van der Waals surface area contributed by atoms with Crippen LogP contribution in [-0.4, -0.2) is 10.5 Å². The van der Waals surface area contributed by atoms with Crippen molar-refractivity contribution in [3.63, 3.8) is 0 Å². The van der Waals surface area contributed by atoms with E-state index in [2.05, 4.69) is 10.3 Å². The number of halogens is 3. The molecule has 1 rings (SSSR count). The molecule has 0 aliphatic heterocycles. The smallest absolute Gasteiger partial charge is 0.307 e. The minimum atomic E-state index is -4.37. The van der Waals surface area contributed by atoms with Crippen LogP contribution in [0.1, 0.15) is 56.1 Å². The molecule has 19 heavy (non-hydrogen) atoms. The van der Waals surface area contributed by atoms with Crippen molar-refractivity contribution in [1.29, 1.82) is 0 Å². The Kier molecular flexibility index (Phi) is 5.38. The molecule has 0 fully saturated rings. The van der Waals surface area contributed by atoms with E-state index in [0.717, 1.165) is 12.8 Å². The molecule has 1 N–H and O–H groups in total. The average molecular weight is 294 g/mol. The molecule has 0 radical (unpaired) electrons. The monoisotopic (exact) mass is 294 g/mol. The summed E-state index contributed by atoms with van der Waals surface area (Å²) in [6.07, 6.45) is -1.91. The summed E-state index contributed by atoms with van der Waals surface area (Å²) in [6, 6.07) is 0. The standard InChI is InChI=1S/C13H21F3N2S/c1-5-6-7-10-18-11(13(14,15)16)9(19-10)8-17-12(2,3)4/h17H,5-8H2,1-4H3. The fourth-order valence-electron chi connectivity index (χ4n) is 1.52. The number of rotatable bonds is 5. The first-order valence-corrected chi connectivity index (χ1v) is 7.26. The molecule has 0 aliphatic rings. The number of hydrogen-bond acceptors (Lipinski definition) is 3. The predicted octanol–water partition coefficient (Wildman–Crippen LogP) is 4.39. The summed E-state index contributed by atoms with van der Waals surface area (Å²) in [5.74, 6) is 0. The molecule has 0 bridgehead atoms. The van der Waals surface area contributed by atoms with Gasteiger partial charge >= 0.3 is 6.18 Å². The lowest BCUT2D eigenvalue weighted by atomic mass is 10.1. The van der Waals surface area contributed by atoms with E-state index < -0.39 is 11.9 Å². The van der Waals surface area contributed by atoms with E-state index in [4.69, 9.17) is 0 Å². The zero-order chi connectivity index (χ0) is 14.7. The molecule has 0 saturated carbocycles. The molecule has 110 valence electrons. The van der Waals surface area contributed by atoms with E-state index in [1.165, 1.54) is 11.3 Å². The van der Waals surface area contributed by atoms with E-state index in [9.17, 15) is 13.2 Å². The lowest BCUT2D eigenvalue weighted by Gasteiger charge is -2.20. The maximum Gasteiger partial charge on any atom is 0.434 e. The van der Waals surface area contributed by atoms with Gasteiger partial charge in [0.1, 0.15) is 0 Å². The number of hydrogen-bond donors (Lipinski definition) is 1. The normalized spacial score (nSPS) is 13.0. The van der Waals surface area contributed by atoms with Crippen LogP contribution in [0.3, 0.4) is 0 Å². The molecule has 0 unspecified atom stereocenters. The number of nitrogens with zero attached hydrogens (tertiary/aromatic N) is 1. The van der Waals surface area contributed by atoms with Crippen LogP contribution < -0.4 is 5.32 Å². The van der Waals surface area contributed by atoms with Crippen LogP contribution >= 0.6 is 11.3 Å². The van der Waals surface area contributed by atoms with E-state index in [-0.39, 0.29) is 17.0 Å². The molecule has 0 saturated heterocycles. The molecule has 0 aromatic carbocycles. The Bertz CT molecular complexity index is 405. The molecule has 1 heterocycles. The maximum atomic E-state index is 12.9. The number of unbranched alkanes of at least 4 members (excludes halogenated alkanes) is 1. The first kappa shape index (κ1) is 16.4. The van der Waals surface area contributed by atoms with Crippen LogP contribution in [0.5, 0.6) is 0 Å². The summed E-state index contributed by atoms with van der Waals surface area (Å²) in [5.41, 5.74) is -0.934. The first-order valence-electron chi connectivity index (χ1n) is 6.44. The minimum Gasteiger partial charge on any atom is -0.307 e. The molecular weight excluding hydrogens is 273 g/mol. The third kappa shape index (κ3) is 5.48. The van der Waals surface area contributed by atoms with Gasteiger partial charge in [-0.05, 0) is 33.6 Å². The quantitative estimate of drug-likeness (QED) is 0.871. The Hall–Kier alpha value is -0.620. The molecule has 0 amide bonds. The summed E-state index contributed by atoms with van der Waals surface area (Å²) in [4.78, 5) is 4.06. The average Bonchev–Trinajstić information content (AvgIpc) is 2.65. The highest BCUT2D eigenvalue weighted by Crippen LogP contribution is 2.35. The van der Waals surface area contributed by atoms with Gasteiger partial charge in [-0.2, -0.15) is 13.2 Å². The number of aryl methyl sites for hydroxylation is 1. The molecule has 0 atom stereocenters. The summed E-state index contributed by atoms with van der Waals surface area (Å²) >= 11 is 1.17. The van der Waals surface area contributed by atoms with E-state index >= 15 is 0 Å². The fourth-order valence-corrected chi connectivity index (χ4v) is 2.59. The predicted molar refractivity (Wildman–Crippen MR) is 72.3 cm³/mol. The molecule has 6 heteroatoms. The summed E-state index contributed by atoms with van der Waals surface area (Å²) in [7, 11) is 0. The van der Waals surface area contributed by atoms with Crippen molar-refractivity contribution in [2.75, 3.05) is 0 Å². The topological polar surface area (TPSA) is 24.9 Å². The van der Waals surface area contributed by atoms with Crippen LogP contribution in [0.4, 0.5) is 13.2 Å². The third-order valence-corrected chi connectivity index (χ3v) is 3.65. The van der Waals surface area contributed by atoms with Gasteiger partial charge < -0.3 is 5.32 Å². The third-order valence-electron chi connectivity index (χ3n) is 2.53. The van der Waals surface area contributed by atoms with E-state index in [1.807, 2.05) is 27.7 Å². The number of alkyl halides is 3. The van der Waals surface area contributed by atoms with Gasteiger partial charge in [-0.25, -0.2) is 4.98 Å². The number of thiazole rings is 1. The van der Waals surface area contributed by atoms with Gasteiger partial charge in [0.2, 0.25) is 0 Å². The largest absolute Gasteiger partial charge is 0.434 e. The SMILES string of the molecule is CCCCc1nc(C(F)(F)F)c(CNC(C)(C)C)s1. The Labute approximate surface area is 116 Å². The van der Waals surface area contributed by atoms with Crippen molar-refractivity contribution >= 4 is 11.3 Å². The second kappa shape index (κ2) is 6.22. The first-order chi connectivity index (χ1) is 8.63. The Balaban J connectivity index is 2.90. The summed E-state index contributed by atoms with van der Waals surface area (Å²) in [6.45, 7) is 8.01. The van der Waals surface area contributed by atoms with Gasteiger partial charge in [0.25, 0.3) is 0 Å². The second-order valence-electron chi connectivity index (χ2n) is 5.58. The van der Waals surface area contributed by atoms with Gasteiger partial charge in [0.15, 0.2) is 5.69 Å². The van der Waals surface area contributed by atoms with Gasteiger partial charge in [0.05, 0.1) is 9.88 Å². The van der Waals surface area contributed by atoms with Crippen molar-refractivity contribution in [2.45, 2.75) is 65.2 Å². The minimum absolute atomic E-state index is 0.210. The van der Waals surface area contributed by atoms with Crippen LogP contribution in [-0.2, 0) is 19.1 Å². The Morgan fingerprint density at radius 3 is 2.32 bits per heavy atom. The second-order valence-corrected chi connectivity index (χ2v) is 6.75. The Morgan fingerprint density at radius 2 is 1.84 bits per heavy atom. The molecule has 0 spiro atoms. The summed E-state index contributed by atoms with van der Waals surface area (Å²) < 4.78 is 38.8. The van der Waals surface area contributed by atoms with Crippen molar-refractivity contribution in [1.82, 2.24) is 10.3 Å². The van der Waals surface area contributed by atoms with E-state index in [0.29, 0.717) is 11.4 Å². The lowest BCUT2D eigenvalue weighted by molar-refractivity contribution is -0.141. The number of nitrogens with one attached hydrogen (secondary N) is 1. The van der Waals surface area contributed by atoms with Crippen molar-refractivity contribution in [2.24, 2.45) is 0 Å². The highest BCUT2D eigenvalue weighted by atomic mass is 32.1. The Morgan fingerprint density at radius 1 is 1.21 bits per heavy atom. The van der Waals surface area contributed by atoms with Crippen molar-refractivity contribution < 1.29 is 13.2 Å². The molecule has 2 nitrogen and oxygen atoms in total. The lowest BCUT2D eigenvalue weighted by Crippen LogP contribution is -2.35. The summed E-state index contributed by atoms with van der Waals surface area (Å²) in [5, 5.41) is 3.67. The number of aromatic nitrogens is 1. The van der Waals surface area contributed by atoms with E-state index in [1.54, 1.807) is 0 Å². The van der Waals surface area contributed by atoms with Crippen LogP contribution in [0.2, 0.25) is 0 Å². The van der Waals surface area contributed by atoms with Crippen molar-refractivity contribution in [3.8, 4) is 0 Å². The van der Waals surface area contributed by atoms with Gasteiger partial charge in [-0.15, -0.1) is 11.3 Å². The van der Waals surface area contributed by atoms with Crippen LogP contribution in [0, 0.1) is 0 Å².